The van der Waals surface area contributed by atoms with Crippen LogP contribution in [0.1, 0.15) is 25.0 Å². The summed E-state index contributed by atoms with van der Waals surface area (Å²) in [5, 5.41) is 8.87. The van der Waals surface area contributed by atoms with E-state index in [2.05, 4.69) is 24.8 Å². The van der Waals surface area contributed by atoms with Crippen molar-refractivity contribution in [1.29, 1.82) is 5.26 Å². The Morgan fingerprint density at radius 1 is 1.31 bits per heavy atom. The number of nitriles is 1. The van der Waals surface area contributed by atoms with Gasteiger partial charge in [-0.25, -0.2) is 0 Å². The second-order valence-corrected chi connectivity index (χ2v) is 3.60. The van der Waals surface area contributed by atoms with Gasteiger partial charge in [0.1, 0.15) is 5.75 Å². The lowest BCUT2D eigenvalue weighted by Crippen LogP contribution is -2.22. The first kappa shape index (κ1) is 12.5. The van der Waals surface area contributed by atoms with Gasteiger partial charge >= 0.3 is 0 Å². The third kappa shape index (κ3) is 2.98. The van der Waals surface area contributed by atoms with Crippen LogP contribution in [0, 0.1) is 11.3 Å². The molecule has 3 heteroatoms. The van der Waals surface area contributed by atoms with Gasteiger partial charge in [-0.3, -0.25) is 4.90 Å². The average Bonchev–Trinajstić information content (AvgIpc) is 2.35. The van der Waals surface area contributed by atoms with Crippen molar-refractivity contribution in [1.82, 2.24) is 4.90 Å². The van der Waals surface area contributed by atoms with Crippen molar-refractivity contribution in [3.63, 3.8) is 0 Å². The average molecular weight is 218 g/mol. The molecule has 0 saturated carbocycles. The van der Waals surface area contributed by atoms with Crippen molar-refractivity contribution in [3.05, 3.63) is 29.3 Å². The molecule has 0 unspecified atom stereocenters. The van der Waals surface area contributed by atoms with E-state index in [0.717, 1.165) is 30.9 Å². The normalized spacial score (nSPS) is 10.2. The van der Waals surface area contributed by atoms with Crippen molar-refractivity contribution in [2.24, 2.45) is 0 Å². The lowest BCUT2D eigenvalue weighted by atomic mass is 10.1. The van der Waals surface area contributed by atoms with Gasteiger partial charge in [-0.15, -0.1) is 0 Å². The smallest absolute Gasteiger partial charge is 0.123 e. The van der Waals surface area contributed by atoms with E-state index in [1.165, 1.54) is 0 Å². The van der Waals surface area contributed by atoms with Gasteiger partial charge in [0, 0.05) is 12.1 Å². The molecule has 1 aromatic carbocycles. The van der Waals surface area contributed by atoms with E-state index >= 15 is 0 Å². The summed E-state index contributed by atoms with van der Waals surface area (Å²) in [7, 11) is 1.66. The van der Waals surface area contributed by atoms with E-state index in [9.17, 15) is 0 Å². The lowest BCUT2D eigenvalue weighted by Gasteiger charge is -2.19. The van der Waals surface area contributed by atoms with Crippen molar-refractivity contribution in [3.8, 4) is 11.8 Å². The molecule has 0 spiro atoms. The van der Waals surface area contributed by atoms with Gasteiger partial charge in [-0.2, -0.15) is 5.26 Å². The molecule has 0 atom stereocenters. The number of nitrogens with zero attached hydrogens (tertiary/aromatic N) is 2. The second kappa shape index (κ2) is 6.14. The van der Waals surface area contributed by atoms with E-state index in [4.69, 9.17) is 10.00 Å². The maximum absolute atomic E-state index is 8.87. The highest BCUT2D eigenvalue weighted by Crippen LogP contribution is 2.21. The molecule has 0 fully saturated rings. The molecule has 16 heavy (non-hydrogen) atoms. The first-order valence-corrected chi connectivity index (χ1v) is 5.54. The van der Waals surface area contributed by atoms with Crippen LogP contribution in [0.4, 0.5) is 0 Å². The first-order valence-electron chi connectivity index (χ1n) is 5.54. The van der Waals surface area contributed by atoms with Crippen LogP contribution in [0.2, 0.25) is 0 Å². The van der Waals surface area contributed by atoms with Crippen LogP contribution in [-0.4, -0.2) is 25.1 Å². The highest BCUT2D eigenvalue weighted by Gasteiger charge is 2.07. The Bertz CT molecular complexity index is 378. The largest absolute Gasteiger partial charge is 0.496 e. The number of rotatable bonds is 5. The monoisotopic (exact) mass is 218 g/mol. The van der Waals surface area contributed by atoms with Gasteiger partial charge in [0.2, 0.25) is 0 Å². The first-order chi connectivity index (χ1) is 7.74. The van der Waals surface area contributed by atoms with Crippen LogP contribution >= 0.6 is 0 Å². The Morgan fingerprint density at radius 3 is 2.50 bits per heavy atom. The number of methoxy groups -OCH3 is 1. The standard InChI is InChI=1S/C13H18N2O/c1-4-15(5-2)10-12-8-11(9-14)6-7-13(12)16-3/h6-8H,4-5,10H2,1-3H3. The van der Waals surface area contributed by atoms with Crippen LogP contribution in [0.25, 0.3) is 0 Å². The van der Waals surface area contributed by atoms with Crippen molar-refractivity contribution in [2.75, 3.05) is 20.2 Å². The molecule has 0 aliphatic heterocycles. The zero-order chi connectivity index (χ0) is 12.0. The van der Waals surface area contributed by atoms with Gasteiger partial charge in [0.15, 0.2) is 0 Å². The van der Waals surface area contributed by atoms with Gasteiger partial charge in [0.05, 0.1) is 18.7 Å². The molecule has 0 radical (unpaired) electrons. The van der Waals surface area contributed by atoms with Gasteiger partial charge in [-0.05, 0) is 31.3 Å². The highest BCUT2D eigenvalue weighted by atomic mass is 16.5. The Morgan fingerprint density at radius 2 is 2.00 bits per heavy atom. The SMILES string of the molecule is CCN(CC)Cc1cc(C#N)ccc1OC. The van der Waals surface area contributed by atoms with Crippen LogP contribution in [0.5, 0.6) is 5.75 Å². The molecule has 1 rings (SSSR count). The zero-order valence-electron chi connectivity index (χ0n) is 10.2. The number of hydrogen-bond acceptors (Lipinski definition) is 3. The van der Waals surface area contributed by atoms with E-state index in [-0.39, 0.29) is 0 Å². The summed E-state index contributed by atoms with van der Waals surface area (Å²) < 4.78 is 5.30. The molecular weight excluding hydrogens is 200 g/mol. The predicted molar refractivity (Wildman–Crippen MR) is 64.3 cm³/mol. The molecule has 0 amide bonds. The summed E-state index contributed by atoms with van der Waals surface area (Å²) in [6.45, 7) is 7.08. The molecule has 3 nitrogen and oxygen atoms in total. The number of ether oxygens (including phenoxy) is 1. The summed E-state index contributed by atoms with van der Waals surface area (Å²) in [4.78, 5) is 2.29. The lowest BCUT2D eigenvalue weighted by molar-refractivity contribution is 0.289. The molecule has 0 aliphatic rings. The Balaban J connectivity index is 2.95. The minimum Gasteiger partial charge on any atom is -0.496 e. The van der Waals surface area contributed by atoms with Crippen molar-refractivity contribution >= 4 is 0 Å². The Hall–Kier alpha value is -1.53. The third-order valence-electron chi connectivity index (χ3n) is 2.70. The van der Waals surface area contributed by atoms with Crippen molar-refractivity contribution < 1.29 is 4.74 Å². The Labute approximate surface area is 97.3 Å². The summed E-state index contributed by atoms with van der Waals surface area (Å²) >= 11 is 0. The molecule has 0 N–H and O–H groups in total. The summed E-state index contributed by atoms with van der Waals surface area (Å²) in [5.41, 5.74) is 1.76. The van der Waals surface area contributed by atoms with Crippen LogP contribution < -0.4 is 4.74 Å². The van der Waals surface area contributed by atoms with E-state index < -0.39 is 0 Å². The molecular formula is C13H18N2O. The summed E-state index contributed by atoms with van der Waals surface area (Å²) in [6.07, 6.45) is 0. The zero-order valence-corrected chi connectivity index (χ0v) is 10.2. The van der Waals surface area contributed by atoms with Crippen LogP contribution in [-0.2, 0) is 6.54 Å². The molecule has 0 saturated heterocycles. The maximum Gasteiger partial charge on any atom is 0.123 e. The Kier molecular flexibility index (Phi) is 4.81. The highest BCUT2D eigenvalue weighted by molar-refractivity contribution is 5.42. The summed E-state index contributed by atoms with van der Waals surface area (Å²) in [5.74, 6) is 0.853. The van der Waals surface area contributed by atoms with Crippen LogP contribution in [0.15, 0.2) is 18.2 Å². The van der Waals surface area contributed by atoms with Gasteiger partial charge < -0.3 is 4.74 Å². The quantitative estimate of drug-likeness (QED) is 0.761. The fourth-order valence-electron chi connectivity index (χ4n) is 1.66. The van der Waals surface area contributed by atoms with Crippen molar-refractivity contribution in [2.45, 2.75) is 20.4 Å². The van der Waals surface area contributed by atoms with E-state index in [1.807, 2.05) is 12.1 Å². The molecule has 0 bridgehead atoms. The number of benzene rings is 1. The molecule has 0 heterocycles. The van der Waals surface area contributed by atoms with E-state index in [0.29, 0.717) is 5.56 Å². The molecule has 1 aromatic rings. The number of hydrogen-bond donors (Lipinski definition) is 0. The fourth-order valence-corrected chi connectivity index (χ4v) is 1.66. The topological polar surface area (TPSA) is 36.3 Å². The van der Waals surface area contributed by atoms with Crippen LogP contribution in [0.3, 0.4) is 0 Å². The molecule has 0 aromatic heterocycles. The third-order valence-corrected chi connectivity index (χ3v) is 2.70. The summed E-state index contributed by atoms with van der Waals surface area (Å²) in [6, 6.07) is 7.69. The van der Waals surface area contributed by atoms with Gasteiger partial charge in [0.25, 0.3) is 0 Å². The molecule has 86 valence electrons. The second-order valence-electron chi connectivity index (χ2n) is 3.60. The minimum absolute atomic E-state index is 0.683. The minimum atomic E-state index is 0.683. The van der Waals surface area contributed by atoms with E-state index in [1.54, 1.807) is 13.2 Å². The van der Waals surface area contributed by atoms with Gasteiger partial charge in [-0.1, -0.05) is 13.8 Å². The maximum atomic E-state index is 8.87. The fraction of sp³-hybridized carbons (Fsp3) is 0.462. The predicted octanol–water partition coefficient (Wildman–Crippen LogP) is 2.41. The molecule has 0 aliphatic carbocycles.